The van der Waals surface area contributed by atoms with Gasteiger partial charge >= 0.3 is 0 Å². The molecule has 108 valence electrons. The average molecular weight is 264 g/mol. The van der Waals surface area contributed by atoms with Gasteiger partial charge in [-0.15, -0.1) is 0 Å². The molecule has 0 heterocycles. The fraction of sp³-hybridized carbons (Fsp3) is 0.625. The van der Waals surface area contributed by atoms with Crippen LogP contribution in [0.3, 0.4) is 0 Å². The number of ether oxygens (including phenoxy) is 1. The Morgan fingerprint density at radius 3 is 2.42 bits per heavy atom. The van der Waals surface area contributed by atoms with Crippen LogP contribution in [-0.4, -0.2) is 26.7 Å². The highest BCUT2D eigenvalue weighted by atomic mass is 16.5. The normalized spacial score (nSPS) is 11.1. The maximum Gasteiger partial charge on any atom is 0.122 e. The second-order valence-corrected chi connectivity index (χ2v) is 5.21. The van der Waals surface area contributed by atoms with Gasteiger partial charge in [0, 0.05) is 19.6 Å². The van der Waals surface area contributed by atoms with Gasteiger partial charge in [-0.1, -0.05) is 26.8 Å². The van der Waals surface area contributed by atoms with E-state index in [0.717, 1.165) is 31.9 Å². The molecule has 0 aliphatic rings. The van der Waals surface area contributed by atoms with E-state index in [1.54, 1.807) is 7.11 Å². The Hall–Kier alpha value is -1.06. The first-order valence-corrected chi connectivity index (χ1v) is 7.19. The molecule has 1 rings (SSSR count). The molecular formula is C16H28N2O. The monoisotopic (exact) mass is 264 g/mol. The zero-order valence-corrected chi connectivity index (χ0v) is 13.0. The van der Waals surface area contributed by atoms with Crippen LogP contribution < -0.4 is 15.4 Å². The van der Waals surface area contributed by atoms with Crippen LogP contribution in [0.25, 0.3) is 0 Å². The van der Waals surface area contributed by atoms with Gasteiger partial charge in [-0.2, -0.15) is 0 Å². The van der Waals surface area contributed by atoms with E-state index in [2.05, 4.69) is 50.5 Å². The summed E-state index contributed by atoms with van der Waals surface area (Å²) < 4.78 is 5.47. The van der Waals surface area contributed by atoms with Crippen molar-refractivity contribution in [3.8, 4) is 5.75 Å². The Labute approximate surface area is 117 Å². The molecule has 0 atom stereocenters. The van der Waals surface area contributed by atoms with Crippen molar-refractivity contribution in [2.75, 3.05) is 26.7 Å². The van der Waals surface area contributed by atoms with E-state index in [1.165, 1.54) is 16.7 Å². The van der Waals surface area contributed by atoms with Gasteiger partial charge in [-0.05, 0) is 42.1 Å². The molecule has 1 aromatic carbocycles. The lowest BCUT2D eigenvalue weighted by atomic mass is 9.96. The van der Waals surface area contributed by atoms with Gasteiger partial charge in [0.2, 0.25) is 0 Å². The first-order valence-electron chi connectivity index (χ1n) is 7.19. The zero-order chi connectivity index (χ0) is 14.3. The lowest BCUT2D eigenvalue weighted by molar-refractivity contribution is 0.407. The summed E-state index contributed by atoms with van der Waals surface area (Å²) in [6.45, 7) is 12.6. The van der Waals surface area contributed by atoms with E-state index in [4.69, 9.17) is 4.74 Å². The highest BCUT2D eigenvalue weighted by molar-refractivity contribution is 5.43. The fourth-order valence-electron chi connectivity index (χ4n) is 2.14. The van der Waals surface area contributed by atoms with Crippen LogP contribution >= 0.6 is 0 Å². The van der Waals surface area contributed by atoms with Crippen LogP contribution in [0.1, 0.15) is 43.4 Å². The number of nitrogens with one attached hydrogen (secondary N) is 2. The maximum atomic E-state index is 5.47. The van der Waals surface area contributed by atoms with Crippen molar-refractivity contribution in [3.63, 3.8) is 0 Å². The van der Waals surface area contributed by atoms with Gasteiger partial charge in [0.25, 0.3) is 0 Å². The Morgan fingerprint density at radius 2 is 1.84 bits per heavy atom. The zero-order valence-electron chi connectivity index (χ0n) is 13.0. The summed E-state index contributed by atoms with van der Waals surface area (Å²) in [5.41, 5.74) is 3.94. The number of methoxy groups -OCH3 is 1. The van der Waals surface area contributed by atoms with Gasteiger partial charge in [0.1, 0.15) is 5.75 Å². The third kappa shape index (κ3) is 4.84. The standard InChI is InChI=1S/C16H28N2O/c1-6-17-7-8-18-11-14-10-15(12(2)3)16(19-5)9-13(14)4/h9-10,12,17-18H,6-8,11H2,1-5H3. The third-order valence-corrected chi connectivity index (χ3v) is 3.35. The predicted molar refractivity (Wildman–Crippen MR) is 82.1 cm³/mol. The van der Waals surface area contributed by atoms with Crippen LogP contribution in [0, 0.1) is 6.92 Å². The van der Waals surface area contributed by atoms with Gasteiger partial charge in [0.15, 0.2) is 0 Å². The molecule has 0 aromatic heterocycles. The number of aryl methyl sites for hydroxylation is 1. The number of hydrogen-bond donors (Lipinski definition) is 2. The van der Waals surface area contributed by atoms with Crippen molar-refractivity contribution in [2.24, 2.45) is 0 Å². The van der Waals surface area contributed by atoms with Crippen LogP contribution in [0.4, 0.5) is 0 Å². The molecule has 0 aliphatic carbocycles. The first-order chi connectivity index (χ1) is 9.10. The first kappa shape index (κ1) is 16.0. The van der Waals surface area contributed by atoms with Gasteiger partial charge in [-0.25, -0.2) is 0 Å². The summed E-state index contributed by atoms with van der Waals surface area (Å²) in [5.74, 6) is 1.49. The number of benzene rings is 1. The molecule has 0 saturated heterocycles. The summed E-state index contributed by atoms with van der Waals surface area (Å²) in [6, 6.07) is 4.43. The molecule has 0 aliphatic heterocycles. The van der Waals surface area contributed by atoms with Crippen LogP contribution in [0.2, 0.25) is 0 Å². The molecule has 0 amide bonds. The summed E-state index contributed by atoms with van der Waals surface area (Å²) >= 11 is 0. The van der Waals surface area contributed by atoms with Gasteiger partial charge in [-0.3, -0.25) is 0 Å². The summed E-state index contributed by atoms with van der Waals surface area (Å²) in [6.07, 6.45) is 0. The number of likely N-dealkylation sites (N-methyl/N-ethyl adjacent to an activating group) is 1. The molecule has 0 radical (unpaired) electrons. The second kappa shape index (κ2) is 8.18. The molecule has 3 heteroatoms. The molecule has 0 bridgehead atoms. The molecule has 3 nitrogen and oxygen atoms in total. The van der Waals surface area contributed by atoms with Gasteiger partial charge < -0.3 is 15.4 Å². The van der Waals surface area contributed by atoms with Crippen LogP contribution in [-0.2, 0) is 6.54 Å². The van der Waals surface area contributed by atoms with Crippen molar-refractivity contribution >= 4 is 0 Å². The van der Waals surface area contributed by atoms with Crippen LogP contribution in [0.5, 0.6) is 5.75 Å². The largest absolute Gasteiger partial charge is 0.496 e. The van der Waals surface area contributed by atoms with Crippen molar-refractivity contribution < 1.29 is 4.74 Å². The fourth-order valence-corrected chi connectivity index (χ4v) is 2.14. The van der Waals surface area contributed by atoms with Crippen molar-refractivity contribution in [1.29, 1.82) is 0 Å². The molecule has 0 unspecified atom stereocenters. The summed E-state index contributed by atoms with van der Waals surface area (Å²) in [7, 11) is 1.75. The van der Waals surface area contributed by atoms with Crippen molar-refractivity contribution in [3.05, 3.63) is 28.8 Å². The quantitative estimate of drug-likeness (QED) is 0.708. The molecule has 0 spiro atoms. The number of rotatable bonds is 8. The Kier molecular flexibility index (Phi) is 6.89. The minimum atomic E-state index is 0.482. The van der Waals surface area contributed by atoms with Crippen molar-refractivity contribution in [1.82, 2.24) is 10.6 Å². The maximum absolute atomic E-state index is 5.47. The van der Waals surface area contributed by atoms with Crippen molar-refractivity contribution in [2.45, 2.75) is 40.2 Å². The topological polar surface area (TPSA) is 33.3 Å². The second-order valence-electron chi connectivity index (χ2n) is 5.21. The molecule has 1 aromatic rings. The molecule has 0 saturated carbocycles. The van der Waals surface area contributed by atoms with E-state index in [0.29, 0.717) is 5.92 Å². The minimum absolute atomic E-state index is 0.482. The van der Waals surface area contributed by atoms with E-state index in [-0.39, 0.29) is 0 Å². The SMILES string of the molecule is CCNCCNCc1cc(C(C)C)c(OC)cc1C. The van der Waals surface area contributed by atoms with Crippen LogP contribution in [0.15, 0.2) is 12.1 Å². The highest BCUT2D eigenvalue weighted by Crippen LogP contribution is 2.29. The minimum Gasteiger partial charge on any atom is -0.496 e. The van der Waals surface area contributed by atoms with E-state index >= 15 is 0 Å². The lowest BCUT2D eigenvalue weighted by Crippen LogP contribution is -2.27. The molecule has 19 heavy (non-hydrogen) atoms. The number of hydrogen-bond acceptors (Lipinski definition) is 3. The predicted octanol–water partition coefficient (Wildman–Crippen LogP) is 2.83. The highest BCUT2D eigenvalue weighted by Gasteiger charge is 2.10. The summed E-state index contributed by atoms with van der Waals surface area (Å²) in [5, 5.41) is 6.79. The lowest BCUT2D eigenvalue weighted by Gasteiger charge is -2.16. The third-order valence-electron chi connectivity index (χ3n) is 3.35. The molecule has 0 fully saturated rings. The Morgan fingerprint density at radius 1 is 1.16 bits per heavy atom. The van der Waals surface area contributed by atoms with E-state index < -0.39 is 0 Å². The Balaban J connectivity index is 2.70. The van der Waals surface area contributed by atoms with E-state index in [1.807, 2.05) is 0 Å². The molecular weight excluding hydrogens is 236 g/mol. The summed E-state index contributed by atoms with van der Waals surface area (Å²) in [4.78, 5) is 0. The van der Waals surface area contributed by atoms with Gasteiger partial charge in [0.05, 0.1) is 7.11 Å². The molecule has 2 N–H and O–H groups in total. The Bertz CT molecular complexity index is 389. The van der Waals surface area contributed by atoms with E-state index in [9.17, 15) is 0 Å². The smallest absolute Gasteiger partial charge is 0.122 e. The average Bonchev–Trinajstić information content (AvgIpc) is 2.39.